The minimum absolute atomic E-state index is 0.541. The van der Waals surface area contributed by atoms with Gasteiger partial charge in [0.25, 0.3) is 0 Å². The molecule has 1 aromatic heterocycles. The van der Waals surface area contributed by atoms with Gasteiger partial charge in [0.05, 0.1) is 12.0 Å². The zero-order valence-electron chi connectivity index (χ0n) is 11.1. The zero-order valence-corrected chi connectivity index (χ0v) is 11.1. The summed E-state index contributed by atoms with van der Waals surface area (Å²) < 4.78 is 2.35. The molecule has 2 aliphatic rings. The number of rotatable bonds is 5. The average molecular weight is 248 g/mol. The van der Waals surface area contributed by atoms with E-state index in [4.69, 9.17) is 0 Å². The van der Waals surface area contributed by atoms with Crippen LogP contribution >= 0.6 is 0 Å². The van der Waals surface area contributed by atoms with E-state index in [9.17, 15) is 0 Å². The van der Waals surface area contributed by atoms with Gasteiger partial charge in [-0.1, -0.05) is 0 Å². The smallest absolute Gasteiger partial charge is 0.0948 e. The summed E-state index contributed by atoms with van der Waals surface area (Å²) in [5.74, 6) is 0. The van der Waals surface area contributed by atoms with Crippen LogP contribution in [0.1, 0.15) is 43.8 Å². The molecule has 18 heavy (non-hydrogen) atoms. The Morgan fingerprint density at radius 3 is 2.89 bits per heavy atom. The Kier molecular flexibility index (Phi) is 3.96. The van der Waals surface area contributed by atoms with Gasteiger partial charge in [0.15, 0.2) is 0 Å². The Morgan fingerprint density at radius 1 is 1.22 bits per heavy atom. The lowest BCUT2D eigenvalue weighted by Gasteiger charge is -2.17. The van der Waals surface area contributed by atoms with Gasteiger partial charge in [-0.15, -0.1) is 0 Å². The van der Waals surface area contributed by atoms with E-state index in [0.717, 1.165) is 13.1 Å². The van der Waals surface area contributed by atoms with Gasteiger partial charge in [0, 0.05) is 18.8 Å². The Bertz CT molecular complexity index is 362. The summed E-state index contributed by atoms with van der Waals surface area (Å²) in [5, 5.41) is 3.56. The summed E-state index contributed by atoms with van der Waals surface area (Å²) >= 11 is 0. The second-order valence-corrected chi connectivity index (χ2v) is 5.56. The molecule has 1 aromatic rings. The van der Waals surface area contributed by atoms with Gasteiger partial charge in [-0.05, 0) is 58.3 Å². The van der Waals surface area contributed by atoms with Gasteiger partial charge in [0.2, 0.25) is 0 Å². The fourth-order valence-electron chi connectivity index (χ4n) is 3.22. The Labute approximate surface area is 109 Å². The molecule has 0 bridgehead atoms. The van der Waals surface area contributed by atoms with Gasteiger partial charge in [-0.3, -0.25) is 0 Å². The van der Waals surface area contributed by atoms with E-state index in [1.807, 2.05) is 12.5 Å². The third kappa shape index (κ3) is 2.75. The van der Waals surface area contributed by atoms with Crippen molar-refractivity contribution < 1.29 is 0 Å². The van der Waals surface area contributed by atoms with Gasteiger partial charge in [-0.25, -0.2) is 4.98 Å². The molecule has 3 rings (SSSR count). The van der Waals surface area contributed by atoms with E-state index in [0.29, 0.717) is 6.04 Å². The van der Waals surface area contributed by atoms with Crippen LogP contribution in [0.2, 0.25) is 0 Å². The summed E-state index contributed by atoms with van der Waals surface area (Å²) in [6, 6.07) is 0.541. The molecule has 0 amide bonds. The van der Waals surface area contributed by atoms with Crippen molar-refractivity contribution >= 4 is 0 Å². The highest BCUT2D eigenvalue weighted by atomic mass is 15.1. The van der Waals surface area contributed by atoms with Crippen LogP contribution < -0.4 is 5.32 Å². The highest BCUT2D eigenvalue weighted by Gasteiger charge is 2.19. The van der Waals surface area contributed by atoms with Gasteiger partial charge in [-0.2, -0.15) is 0 Å². The van der Waals surface area contributed by atoms with Crippen molar-refractivity contribution in [2.45, 2.75) is 44.7 Å². The molecule has 0 radical (unpaired) electrons. The summed E-state index contributed by atoms with van der Waals surface area (Å²) in [5.41, 5.74) is 1.38. The van der Waals surface area contributed by atoms with E-state index >= 15 is 0 Å². The van der Waals surface area contributed by atoms with E-state index < -0.39 is 0 Å². The lowest BCUT2D eigenvalue weighted by atomic mass is 10.2. The largest absolute Gasteiger partial charge is 0.333 e. The fraction of sp³-hybridized carbons (Fsp3) is 0.786. The molecule has 100 valence electrons. The molecule has 1 atom stereocenters. The molecule has 2 aliphatic heterocycles. The molecular weight excluding hydrogens is 224 g/mol. The van der Waals surface area contributed by atoms with Crippen molar-refractivity contribution in [3.63, 3.8) is 0 Å². The third-order valence-corrected chi connectivity index (χ3v) is 4.23. The predicted octanol–water partition coefficient (Wildman–Crippen LogP) is 1.79. The highest BCUT2D eigenvalue weighted by Crippen LogP contribution is 2.22. The fourth-order valence-corrected chi connectivity index (χ4v) is 3.22. The zero-order chi connectivity index (χ0) is 12.2. The highest BCUT2D eigenvalue weighted by molar-refractivity contribution is 5.07. The second kappa shape index (κ2) is 5.85. The monoisotopic (exact) mass is 248 g/mol. The van der Waals surface area contributed by atoms with Crippen LogP contribution in [-0.4, -0.2) is 40.6 Å². The van der Waals surface area contributed by atoms with Crippen molar-refractivity contribution in [2.75, 3.05) is 26.2 Å². The lowest BCUT2D eigenvalue weighted by molar-refractivity contribution is 0.323. The van der Waals surface area contributed by atoms with Crippen molar-refractivity contribution in [1.82, 2.24) is 19.8 Å². The first-order chi connectivity index (χ1) is 8.93. The first kappa shape index (κ1) is 12.2. The minimum atomic E-state index is 0.541. The number of nitrogens with one attached hydrogen (secondary N) is 1. The minimum Gasteiger partial charge on any atom is -0.333 e. The number of imidazole rings is 1. The van der Waals surface area contributed by atoms with E-state index in [2.05, 4.69) is 19.8 Å². The van der Waals surface area contributed by atoms with Gasteiger partial charge < -0.3 is 14.8 Å². The predicted molar refractivity (Wildman–Crippen MR) is 72.5 cm³/mol. The number of likely N-dealkylation sites (tertiary alicyclic amines) is 1. The number of hydrogen-bond acceptors (Lipinski definition) is 3. The van der Waals surface area contributed by atoms with Crippen LogP contribution in [0.15, 0.2) is 12.5 Å². The first-order valence-electron chi connectivity index (χ1n) is 7.39. The number of aromatic nitrogens is 2. The second-order valence-electron chi connectivity index (χ2n) is 5.56. The molecule has 4 nitrogen and oxygen atoms in total. The van der Waals surface area contributed by atoms with Crippen LogP contribution in [0.3, 0.4) is 0 Å². The van der Waals surface area contributed by atoms with Crippen LogP contribution in [0.4, 0.5) is 0 Å². The van der Waals surface area contributed by atoms with Gasteiger partial charge >= 0.3 is 0 Å². The summed E-state index contributed by atoms with van der Waals surface area (Å²) in [6.45, 7) is 6.13. The quantitative estimate of drug-likeness (QED) is 0.862. The molecule has 2 saturated heterocycles. The molecule has 4 heteroatoms. The third-order valence-electron chi connectivity index (χ3n) is 4.23. The molecule has 0 saturated carbocycles. The topological polar surface area (TPSA) is 33.1 Å². The van der Waals surface area contributed by atoms with E-state index in [1.54, 1.807) is 0 Å². The Morgan fingerprint density at radius 2 is 2.11 bits per heavy atom. The molecule has 3 heterocycles. The van der Waals surface area contributed by atoms with Crippen molar-refractivity contribution in [3.05, 3.63) is 18.2 Å². The van der Waals surface area contributed by atoms with Crippen molar-refractivity contribution in [1.29, 1.82) is 0 Å². The molecule has 0 unspecified atom stereocenters. The van der Waals surface area contributed by atoms with Gasteiger partial charge in [0.1, 0.15) is 0 Å². The van der Waals surface area contributed by atoms with Crippen molar-refractivity contribution in [2.24, 2.45) is 0 Å². The molecule has 0 aliphatic carbocycles. The maximum Gasteiger partial charge on any atom is 0.0948 e. The van der Waals surface area contributed by atoms with Crippen LogP contribution in [0, 0.1) is 0 Å². The number of aryl methyl sites for hydroxylation is 1. The molecule has 2 fully saturated rings. The van der Waals surface area contributed by atoms with Crippen LogP contribution in [0.25, 0.3) is 0 Å². The van der Waals surface area contributed by atoms with Crippen LogP contribution in [-0.2, 0) is 6.54 Å². The maximum absolute atomic E-state index is 4.33. The average Bonchev–Trinajstić information content (AvgIpc) is 3.12. The number of hydrogen-bond donors (Lipinski definition) is 1. The molecular formula is C14H24N4. The molecule has 0 aromatic carbocycles. The maximum atomic E-state index is 4.33. The first-order valence-corrected chi connectivity index (χ1v) is 7.39. The Balaban J connectivity index is 1.51. The summed E-state index contributed by atoms with van der Waals surface area (Å²) in [4.78, 5) is 6.91. The SMILES string of the molecule is c1ncn(CCCN2CCCC2)c1[C@@H]1CCCN1. The number of nitrogens with zero attached hydrogens (tertiary/aromatic N) is 3. The normalized spacial score (nSPS) is 25.0. The lowest BCUT2D eigenvalue weighted by Crippen LogP contribution is -2.22. The standard InChI is InChI=1S/C14H24N4/c1-2-8-17(7-1)9-4-10-18-12-15-11-14(18)13-5-3-6-16-13/h11-13,16H,1-10H2/t13-/m0/s1. The van der Waals surface area contributed by atoms with Crippen LogP contribution in [0.5, 0.6) is 0 Å². The summed E-state index contributed by atoms with van der Waals surface area (Å²) in [7, 11) is 0. The Hall–Kier alpha value is -0.870. The summed E-state index contributed by atoms with van der Waals surface area (Å²) in [6.07, 6.45) is 10.6. The van der Waals surface area contributed by atoms with Crippen molar-refractivity contribution in [3.8, 4) is 0 Å². The molecule has 1 N–H and O–H groups in total. The van der Waals surface area contributed by atoms with E-state index in [-0.39, 0.29) is 0 Å². The van der Waals surface area contributed by atoms with E-state index in [1.165, 1.54) is 57.4 Å². The molecule has 0 spiro atoms.